The van der Waals surface area contributed by atoms with E-state index in [1.54, 1.807) is 0 Å². The Bertz CT molecular complexity index is 158. The molecule has 1 N–H and O–H groups in total. The van der Waals surface area contributed by atoms with E-state index in [9.17, 15) is 9.36 Å². The quantitative estimate of drug-likeness (QED) is 0.647. The predicted octanol–water partition coefficient (Wildman–Crippen LogP) is 1.44. The van der Waals surface area contributed by atoms with Crippen LogP contribution in [0.5, 0.6) is 0 Å². The van der Waals surface area contributed by atoms with Crippen molar-refractivity contribution in [3.8, 4) is 0 Å². The van der Waals surface area contributed by atoms with E-state index in [0.717, 1.165) is 6.54 Å². The maximum absolute atomic E-state index is 10.7. The SMILES string of the molecule is CN(C)CCC[P+](=O)C(=O)O. The molecule has 0 aromatic carbocycles. The molecule has 0 bridgehead atoms. The fourth-order valence-corrected chi connectivity index (χ4v) is 1.25. The van der Waals surface area contributed by atoms with Crippen LogP contribution in [0.25, 0.3) is 0 Å². The first-order valence-electron chi connectivity index (χ1n) is 3.36. The minimum Gasteiger partial charge on any atom is -0.443 e. The Kier molecular flexibility index (Phi) is 4.99. The number of carbonyl (C=O) groups is 1. The fourth-order valence-electron chi connectivity index (χ4n) is 0.626. The second-order valence-corrected chi connectivity index (χ2v) is 4.13. The van der Waals surface area contributed by atoms with E-state index >= 15 is 0 Å². The first-order chi connectivity index (χ1) is 5.04. The van der Waals surface area contributed by atoms with Gasteiger partial charge in [-0.1, -0.05) is 4.57 Å². The largest absolute Gasteiger partial charge is 0.552 e. The predicted molar refractivity (Wildman–Crippen MR) is 43.7 cm³/mol. The summed E-state index contributed by atoms with van der Waals surface area (Å²) in [5, 5.41) is 8.25. The zero-order valence-corrected chi connectivity index (χ0v) is 7.67. The lowest BCUT2D eigenvalue weighted by molar-refractivity contribution is 0.219. The van der Waals surface area contributed by atoms with Crippen molar-refractivity contribution in [3.63, 3.8) is 0 Å². The lowest BCUT2D eigenvalue weighted by Gasteiger charge is -2.04. The molecule has 0 amide bonds. The first-order valence-corrected chi connectivity index (χ1v) is 4.81. The molecule has 0 aromatic rings. The number of nitrogens with zero attached hydrogens (tertiary/aromatic N) is 1. The van der Waals surface area contributed by atoms with Gasteiger partial charge < -0.3 is 10.0 Å². The number of hydrogen-bond donors (Lipinski definition) is 1. The summed E-state index contributed by atoms with van der Waals surface area (Å²) in [5.41, 5.74) is -1.18. The number of carboxylic acid groups (broad SMARTS) is 1. The average molecular weight is 178 g/mol. The van der Waals surface area contributed by atoms with E-state index in [0.29, 0.717) is 6.42 Å². The van der Waals surface area contributed by atoms with Crippen molar-refractivity contribution in [2.24, 2.45) is 0 Å². The second-order valence-electron chi connectivity index (χ2n) is 2.54. The Morgan fingerprint density at radius 1 is 1.55 bits per heavy atom. The van der Waals surface area contributed by atoms with Crippen molar-refractivity contribution >= 4 is 13.5 Å². The molecule has 0 spiro atoms. The minimum absolute atomic E-state index is 0.281. The first kappa shape index (κ1) is 10.5. The van der Waals surface area contributed by atoms with E-state index in [1.165, 1.54) is 0 Å². The van der Waals surface area contributed by atoms with Crippen molar-refractivity contribution in [1.29, 1.82) is 0 Å². The van der Waals surface area contributed by atoms with Crippen molar-refractivity contribution in [2.75, 3.05) is 26.8 Å². The van der Waals surface area contributed by atoms with Crippen LogP contribution in [0.3, 0.4) is 0 Å². The third-order valence-corrected chi connectivity index (χ3v) is 2.33. The summed E-state index contributed by atoms with van der Waals surface area (Å²) in [6, 6.07) is 0. The van der Waals surface area contributed by atoms with Crippen LogP contribution in [-0.4, -0.2) is 42.5 Å². The summed E-state index contributed by atoms with van der Waals surface area (Å²) in [7, 11) is 1.76. The molecule has 0 aromatic heterocycles. The van der Waals surface area contributed by atoms with Crippen molar-refractivity contribution in [3.05, 3.63) is 0 Å². The van der Waals surface area contributed by atoms with Crippen LogP contribution in [0.15, 0.2) is 0 Å². The Morgan fingerprint density at radius 2 is 2.09 bits per heavy atom. The highest BCUT2D eigenvalue weighted by atomic mass is 31.1. The monoisotopic (exact) mass is 178 g/mol. The van der Waals surface area contributed by atoms with Crippen molar-refractivity contribution in [2.45, 2.75) is 6.42 Å². The molecule has 0 rings (SSSR count). The van der Waals surface area contributed by atoms with E-state index in [2.05, 4.69) is 0 Å². The minimum atomic E-state index is -2.03. The zero-order valence-electron chi connectivity index (χ0n) is 6.78. The molecule has 64 valence electrons. The van der Waals surface area contributed by atoms with Gasteiger partial charge in [-0.25, -0.2) is 0 Å². The summed E-state index contributed by atoms with van der Waals surface area (Å²) in [6.07, 6.45) is 0.956. The summed E-state index contributed by atoms with van der Waals surface area (Å²) >= 11 is 0. The molecule has 1 atom stereocenters. The van der Waals surface area contributed by atoms with E-state index in [4.69, 9.17) is 5.11 Å². The van der Waals surface area contributed by atoms with Gasteiger partial charge in [0.1, 0.15) is 0 Å². The van der Waals surface area contributed by atoms with Crippen LogP contribution >= 0.6 is 7.80 Å². The molecule has 0 saturated heterocycles. The lowest BCUT2D eigenvalue weighted by atomic mass is 10.5. The summed E-state index contributed by atoms with van der Waals surface area (Å²) in [5.74, 6) is 0. The van der Waals surface area contributed by atoms with Gasteiger partial charge in [0.15, 0.2) is 6.16 Å². The van der Waals surface area contributed by atoms with Crippen molar-refractivity contribution in [1.82, 2.24) is 4.90 Å². The molecule has 0 saturated carbocycles. The molecule has 0 aliphatic rings. The Labute approximate surface area is 67.0 Å². The van der Waals surface area contributed by atoms with Gasteiger partial charge in [-0.3, -0.25) is 0 Å². The smallest absolute Gasteiger partial charge is 0.443 e. The van der Waals surface area contributed by atoms with E-state index in [1.807, 2.05) is 19.0 Å². The molecule has 0 aliphatic heterocycles. The van der Waals surface area contributed by atoms with Gasteiger partial charge in [0.2, 0.25) is 0 Å². The van der Waals surface area contributed by atoms with Gasteiger partial charge in [-0.15, -0.1) is 0 Å². The fraction of sp³-hybridized carbons (Fsp3) is 0.833. The summed E-state index contributed by atoms with van der Waals surface area (Å²) in [6.45, 7) is 0.786. The Hall–Kier alpha value is -0.470. The van der Waals surface area contributed by atoms with E-state index in [-0.39, 0.29) is 6.16 Å². The van der Waals surface area contributed by atoms with Crippen LogP contribution in [0.4, 0.5) is 4.79 Å². The van der Waals surface area contributed by atoms with Crippen LogP contribution in [0, 0.1) is 0 Å². The van der Waals surface area contributed by atoms with Gasteiger partial charge in [0, 0.05) is 13.0 Å². The van der Waals surface area contributed by atoms with Crippen LogP contribution in [-0.2, 0) is 4.57 Å². The lowest BCUT2D eigenvalue weighted by Crippen LogP contribution is -2.13. The molecule has 0 aliphatic carbocycles. The maximum Gasteiger partial charge on any atom is 0.552 e. The van der Waals surface area contributed by atoms with Crippen LogP contribution in [0.1, 0.15) is 6.42 Å². The van der Waals surface area contributed by atoms with Gasteiger partial charge in [0.05, 0.1) is 0 Å². The normalized spacial score (nSPS) is 11.7. The topological polar surface area (TPSA) is 57.6 Å². The average Bonchev–Trinajstić information content (AvgIpc) is 1.86. The molecule has 11 heavy (non-hydrogen) atoms. The molecule has 0 fully saturated rings. The molecule has 0 radical (unpaired) electrons. The Balaban J connectivity index is 3.40. The number of hydrogen-bond acceptors (Lipinski definition) is 3. The van der Waals surface area contributed by atoms with Gasteiger partial charge >= 0.3 is 13.5 Å². The number of rotatable bonds is 5. The molecule has 4 nitrogen and oxygen atoms in total. The highest BCUT2D eigenvalue weighted by molar-refractivity contribution is 7.62. The van der Waals surface area contributed by atoms with E-state index < -0.39 is 13.5 Å². The van der Waals surface area contributed by atoms with Gasteiger partial charge in [0.25, 0.3) is 0 Å². The Morgan fingerprint density at radius 3 is 2.45 bits per heavy atom. The highest BCUT2D eigenvalue weighted by Gasteiger charge is 2.25. The zero-order chi connectivity index (χ0) is 8.85. The second kappa shape index (κ2) is 5.22. The third-order valence-electron chi connectivity index (χ3n) is 1.18. The van der Waals surface area contributed by atoms with Crippen molar-refractivity contribution < 1.29 is 14.5 Å². The third kappa shape index (κ3) is 5.95. The molecule has 1 unspecified atom stereocenters. The van der Waals surface area contributed by atoms with Crippen LogP contribution in [0.2, 0.25) is 0 Å². The maximum atomic E-state index is 10.7. The molecule has 5 heteroatoms. The summed E-state index contributed by atoms with van der Waals surface area (Å²) in [4.78, 5) is 12.0. The standard InChI is InChI=1S/C6H12NO3P/c1-7(2)4-3-5-11(10)6(8)9/h3-5H2,1-2H3/p+1. The highest BCUT2D eigenvalue weighted by Crippen LogP contribution is 2.21. The summed E-state index contributed by atoms with van der Waals surface area (Å²) < 4.78 is 10.7. The molecule has 0 heterocycles. The van der Waals surface area contributed by atoms with Gasteiger partial charge in [-0.2, -0.15) is 4.79 Å². The molecular formula is C6H13NO3P+. The molecular weight excluding hydrogens is 165 g/mol. The van der Waals surface area contributed by atoms with Gasteiger partial charge in [-0.05, 0) is 14.1 Å². The van der Waals surface area contributed by atoms with Crippen LogP contribution < -0.4 is 0 Å².